The second-order valence-electron chi connectivity index (χ2n) is 8.10. The SMILES string of the molecule is Cc1c(C)n(C2CC2)c2c3c(c(F)cc2c1=O)N1CC(N)CC1CC=C3. The van der Waals surface area contributed by atoms with Crippen LogP contribution in [-0.4, -0.2) is 23.2 Å². The molecule has 1 aromatic carbocycles. The molecule has 136 valence electrons. The van der Waals surface area contributed by atoms with Gasteiger partial charge < -0.3 is 15.2 Å². The van der Waals surface area contributed by atoms with E-state index in [-0.39, 0.29) is 23.3 Å². The van der Waals surface area contributed by atoms with E-state index in [4.69, 9.17) is 5.73 Å². The van der Waals surface area contributed by atoms with Crippen LogP contribution in [0.3, 0.4) is 0 Å². The maximum atomic E-state index is 15.2. The van der Waals surface area contributed by atoms with Gasteiger partial charge in [-0.2, -0.15) is 0 Å². The largest absolute Gasteiger partial charge is 0.364 e. The Bertz CT molecular complexity index is 1020. The zero-order chi connectivity index (χ0) is 18.2. The van der Waals surface area contributed by atoms with Gasteiger partial charge in [-0.3, -0.25) is 4.79 Å². The van der Waals surface area contributed by atoms with Gasteiger partial charge in [-0.25, -0.2) is 4.39 Å². The Morgan fingerprint density at radius 1 is 1.23 bits per heavy atom. The molecule has 0 bridgehead atoms. The summed E-state index contributed by atoms with van der Waals surface area (Å²) >= 11 is 0. The minimum Gasteiger partial charge on any atom is -0.364 e. The number of halogens is 1. The van der Waals surface area contributed by atoms with Gasteiger partial charge in [0, 0.05) is 46.9 Å². The first-order valence-corrected chi connectivity index (χ1v) is 9.54. The number of anilines is 1. The van der Waals surface area contributed by atoms with Crippen molar-refractivity contribution in [3.63, 3.8) is 0 Å². The summed E-state index contributed by atoms with van der Waals surface area (Å²) in [4.78, 5) is 15.0. The van der Waals surface area contributed by atoms with Crippen LogP contribution in [0.25, 0.3) is 17.0 Å². The summed E-state index contributed by atoms with van der Waals surface area (Å²) in [7, 11) is 0. The number of pyridine rings is 1. The Morgan fingerprint density at radius 3 is 2.73 bits per heavy atom. The number of rotatable bonds is 1. The van der Waals surface area contributed by atoms with E-state index in [1.807, 2.05) is 19.9 Å². The second kappa shape index (κ2) is 5.43. The molecule has 26 heavy (non-hydrogen) atoms. The number of hydrogen-bond acceptors (Lipinski definition) is 3. The standard InChI is InChI=1S/C21H24FN3O/c1-11-12(2)25(14-6-7-14)19-16-5-3-4-15-8-13(23)10-24(15)20(16)18(22)9-17(19)21(11)26/h3,5,9,13-15H,4,6-8,10,23H2,1-2H3. The summed E-state index contributed by atoms with van der Waals surface area (Å²) in [5.41, 5.74) is 10.2. The molecule has 5 rings (SSSR count). The highest BCUT2D eigenvalue weighted by atomic mass is 19.1. The summed E-state index contributed by atoms with van der Waals surface area (Å²) in [5, 5.41) is 0.503. The van der Waals surface area contributed by atoms with Gasteiger partial charge in [0.05, 0.1) is 11.2 Å². The van der Waals surface area contributed by atoms with E-state index in [9.17, 15) is 4.79 Å². The van der Waals surface area contributed by atoms with Crippen LogP contribution >= 0.6 is 0 Å². The number of benzene rings is 1. The van der Waals surface area contributed by atoms with Crippen molar-refractivity contribution in [2.24, 2.45) is 5.73 Å². The zero-order valence-corrected chi connectivity index (χ0v) is 15.3. The lowest BCUT2D eigenvalue weighted by molar-refractivity contribution is 0.606. The van der Waals surface area contributed by atoms with Crippen molar-refractivity contribution in [1.29, 1.82) is 0 Å². The number of hydrogen-bond donors (Lipinski definition) is 1. The van der Waals surface area contributed by atoms with Crippen LogP contribution in [-0.2, 0) is 0 Å². The molecule has 3 aliphatic rings. The highest BCUT2D eigenvalue weighted by Gasteiger charge is 2.36. The summed E-state index contributed by atoms with van der Waals surface area (Å²) < 4.78 is 17.5. The molecule has 2 fully saturated rings. The smallest absolute Gasteiger partial charge is 0.192 e. The van der Waals surface area contributed by atoms with E-state index in [2.05, 4.69) is 15.5 Å². The molecule has 1 saturated heterocycles. The summed E-state index contributed by atoms with van der Waals surface area (Å²) in [5.74, 6) is -0.305. The molecule has 3 heterocycles. The van der Waals surface area contributed by atoms with Crippen molar-refractivity contribution < 1.29 is 4.39 Å². The molecular formula is C21H24FN3O. The molecule has 1 aliphatic carbocycles. The lowest BCUT2D eigenvalue weighted by Crippen LogP contribution is -2.31. The fourth-order valence-corrected chi connectivity index (χ4v) is 4.83. The molecule has 0 amide bonds. The Labute approximate surface area is 152 Å². The van der Waals surface area contributed by atoms with Crippen molar-refractivity contribution in [3.8, 4) is 0 Å². The van der Waals surface area contributed by atoms with Crippen LogP contribution in [0, 0.1) is 19.7 Å². The predicted octanol–water partition coefficient (Wildman–Crippen LogP) is 3.42. The Morgan fingerprint density at radius 2 is 2.00 bits per heavy atom. The summed E-state index contributed by atoms with van der Waals surface area (Å²) in [6.07, 6.45) is 8.12. The van der Waals surface area contributed by atoms with E-state index in [1.165, 1.54) is 6.07 Å². The minimum absolute atomic E-state index is 0.0524. The van der Waals surface area contributed by atoms with Crippen LogP contribution in [0.15, 0.2) is 16.9 Å². The highest BCUT2D eigenvalue weighted by Crippen LogP contribution is 2.44. The Hall–Kier alpha value is -2.14. The molecule has 2 atom stereocenters. The van der Waals surface area contributed by atoms with Gasteiger partial charge in [-0.15, -0.1) is 0 Å². The van der Waals surface area contributed by atoms with Crippen LogP contribution in [0.2, 0.25) is 0 Å². The van der Waals surface area contributed by atoms with E-state index in [1.54, 1.807) is 0 Å². The van der Waals surface area contributed by atoms with Crippen LogP contribution < -0.4 is 16.1 Å². The van der Waals surface area contributed by atoms with E-state index in [0.717, 1.165) is 48.0 Å². The molecular weight excluding hydrogens is 329 g/mol. The molecule has 5 heteroatoms. The van der Waals surface area contributed by atoms with Crippen molar-refractivity contribution in [2.45, 2.75) is 57.7 Å². The monoisotopic (exact) mass is 353 g/mol. The lowest BCUT2D eigenvalue weighted by atomic mass is 10.0. The quantitative estimate of drug-likeness (QED) is 0.855. The van der Waals surface area contributed by atoms with Gasteiger partial charge >= 0.3 is 0 Å². The first-order chi connectivity index (χ1) is 12.5. The number of nitrogens with zero attached hydrogens (tertiary/aromatic N) is 2. The third kappa shape index (κ3) is 2.13. The molecule has 4 nitrogen and oxygen atoms in total. The number of nitrogens with two attached hydrogens (primary N) is 1. The Balaban J connectivity index is 1.91. The molecule has 1 saturated carbocycles. The number of fused-ring (bicyclic) bond motifs is 5. The zero-order valence-electron chi connectivity index (χ0n) is 15.3. The average Bonchev–Trinajstić information content (AvgIpc) is 3.39. The molecule has 0 radical (unpaired) electrons. The van der Waals surface area contributed by atoms with Gasteiger partial charge in [0.15, 0.2) is 5.43 Å². The predicted molar refractivity (Wildman–Crippen MR) is 103 cm³/mol. The van der Waals surface area contributed by atoms with E-state index in [0.29, 0.717) is 23.7 Å². The van der Waals surface area contributed by atoms with E-state index >= 15 is 4.39 Å². The maximum absolute atomic E-state index is 15.2. The van der Waals surface area contributed by atoms with Crippen molar-refractivity contribution in [3.05, 3.63) is 45.0 Å². The summed E-state index contributed by atoms with van der Waals surface area (Å²) in [6, 6.07) is 2.18. The normalized spacial score (nSPS) is 24.7. The van der Waals surface area contributed by atoms with E-state index < -0.39 is 0 Å². The topological polar surface area (TPSA) is 51.3 Å². The van der Waals surface area contributed by atoms with Crippen LogP contribution in [0.4, 0.5) is 10.1 Å². The highest BCUT2D eigenvalue weighted by molar-refractivity contribution is 5.95. The maximum Gasteiger partial charge on any atom is 0.192 e. The van der Waals surface area contributed by atoms with Crippen LogP contribution in [0.1, 0.15) is 48.5 Å². The third-order valence-electron chi connectivity index (χ3n) is 6.33. The molecule has 2 aliphatic heterocycles. The molecule has 0 spiro atoms. The van der Waals surface area contributed by atoms with Gasteiger partial charge in [-0.1, -0.05) is 12.2 Å². The van der Waals surface area contributed by atoms with Gasteiger partial charge in [0.2, 0.25) is 0 Å². The molecule has 2 N–H and O–H groups in total. The van der Waals surface area contributed by atoms with Gasteiger partial charge in [-0.05, 0) is 45.6 Å². The van der Waals surface area contributed by atoms with Gasteiger partial charge in [0.1, 0.15) is 5.82 Å². The van der Waals surface area contributed by atoms with Crippen molar-refractivity contribution in [1.82, 2.24) is 4.57 Å². The molecule has 2 unspecified atom stereocenters. The fraction of sp³-hybridized carbons (Fsp3) is 0.476. The molecule has 1 aromatic heterocycles. The minimum atomic E-state index is -0.305. The number of aromatic nitrogens is 1. The fourth-order valence-electron chi connectivity index (χ4n) is 4.83. The average molecular weight is 353 g/mol. The first kappa shape index (κ1) is 16.1. The van der Waals surface area contributed by atoms with Crippen LogP contribution in [0.5, 0.6) is 0 Å². The first-order valence-electron chi connectivity index (χ1n) is 9.54. The van der Waals surface area contributed by atoms with Crippen molar-refractivity contribution in [2.75, 3.05) is 11.4 Å². The summed E-state index contributed by atoms with van der Waals surface area (Å²) in [6.45, 7) is 4.53. The Kier molecular flexibility index (Phi) is 3.35. The lowest BCUT2D eigenvalue weighted by Gasteiger charge is -2.28. The molecule has 2 aromatic rings. The van der Waals surface area contributed by atoms with Gasteiger partial charge in [0.25, 0.3) is 0 Å². The van der Waals surface area contributed by atoms with Crippen molar-refractivity contribution >= 4 is 22.7 Å². The second-order valence-corrected chi connectivity index (χ2v) is 8.10. The third-order valence-corrected chi connectivity index (χ3v) is 6.33.